The van der Waals surface area contributed by atoms with Gasteiger partial charge in [0.15, 0.2) is 0 Å². The van der Waals surface area contributed by atoms with E-state index < -0.39 is 6.10 Å². The number of urea groups is 1. The molecule has 0 aromatic heterocycles. The van der Waals surface area contributed by atoms with Gasteiger partial charge < -0.3 is 25.2 Å². The topological polar surface area (TPSA) is 79.8 Å². The number of aliphatic hydroxyl groups is 1. The third-order valence-electron chi connectivity index (χ3n) is 3.98. The van der Waals surface area contributed by atoms with Crippen molar-refractivity contribution >= 4 is 11.7 Å². The minimum atomic E-state index is -0.767. The maximum atomic E-state index is 12.0. The fraction of sp³-hybridized carbons (Fsp3) is 0.316. The van der Waals surface area contributed by atoms with Gasteiger partial charge in [-0.25, -0.2) is 4.79 Å². The van der Waals surface area contributed by atoms with Crippen molar-refractivity contribution in [3.05, 3.63) is 53.6 Å². The zero-order valence-electron chi connectivity index (χ0n) is 14.1. The van der Waals surface area contributed by atoms with E-state index in [1.165, 1.54) is 0 Å². The van der Waals surface area contributed by atoms with E-state index >= 15 is 0 Å². The molecule has 0 saturated heterocycles. The van der Waals surface area contributed by atoms with Crippen molar-refractivity contribution in [2.75, 3.05) is 25.1 Å². The lowest BCUT2D eigenvalue weighted by atomic mass is 10.0. The molecule has 6 nitrogen and oxygen atoms in total. The minimum absolute atomic E-state index is 0.127. The van der Waals surface area contributed by atoms with Gasteiger partial charge in [0.25, 0.3) is 0 Å². The zero-order chi connectivity index (χ0) is 17.6. The van der Waals surface area contributed by atoms with Crippen LogP contribution < -0.4 is 20.1 Å². The molecule has 0 fully saturated rings. The molecular formula is C19H22N2O4. The standard InChI is InChI=1S/C19H22N2O4/c1-2-24-16-6-4-15(5-7-16)21-19(23)20-12-17(22)13-3-8-18-14(11-13)9-10-25-18/h3-8,11,17,22H,2,9-10,12H2,1H3,(H2,20,21,23). The Morgan fingerprint density at radius 1 is 1.28 bits per heavy atom. The summed E-state index contributed by atoms with van der Waals surface area (Å²) < 4.78 is 10.8. The summed E-state index contributed by atoms with van der Waals surface area (Å²) in [4.78, 5) is 12.0. The molecule has 2 aromatic carbocycles. The van der Waals surface area contributed by atoms with Gasteiger partial charge in [0.2, 0.25) is 0 Å². The molecule has 1 aliphatic rings. The smallest absolute Gasteiger partial charge is 0.319 e. The van der Waals surface area contributed by atoms with E-state index in [1.54, 1.807) is 24.3 Å². The van der Waals surface area contributed by atoms with Crippen LogP contribution in [0.5, 0.6) is 11.5 Å². The van der Waals surface area contributed by atoms with Crippen LogP contribution in [0.3, 0.4) is 0 Å². The first-order chi connectivity index (χ1) is 12.2. The predicted molar refractivity (Wildman–Crippen MR) is 95.2 cm³/mol. The van der Waals surface area contributed by atoms with Gasteiger partial charge in [-0.05, 0) is 54.4 Å². The van der Waals surface area contributed by atoms with Crippen LogP contribution in [-0.2, 0) is 6.42 Å². The number of carbonyl (C=O) groups is 1. The van der Waals surface area contributed by atoms with Gasteiger partial charge in [0.1, 0.15) is 11.5 Å². The molecule has 2 aromatic rings. The van der Waals surface area contributed by atoms with Crippen molar-refractivity contribution in [3.8, 4) is 11.5 Å². The predicted octanol–water partition coefficient (Wildman–Crippen LogP) is 2.88. The fourth-order valence-electron chi connectivity index (χ4n) is 2.70. The second kappa shape index (κ2) is 7.90. The van der Waals surface area contributed by atoms with Gasteiger partial charge in [-0.3, -0.25) is 0 Å². The summed E-state index contributed by atoms with van der Waals surface area (Å²) in [7, 11) is 0. The number of aliphatic hydroxyl groups excluding tert-OH is 1. The number of benzene rings is 2. The number of amides is 2. The van der Waals surface area contributed by atoms with Gasteiger partial charge in [-0.2, -0.15) is 0 Å². The molecule has 3 N–H and O–H groups in total. The van der Waals surface area contributed by atoms with Gasteiger partial charge >= 0.3 is 6.03 Å². The first-order valence-corrected chi connectivity index (χ1v) is 8.37. The van der Waals surface area contributed by atoms with E-state index in [2.05, 4.69) is 10.6 Å². The second-order valence-electron chi connectivity index (χ2n) is 5.77. The molecule has 2 amide bonds. The molecule has 0 spiro atoms. The van der Waals surface area contributed by atoms with E-state index in [4.69, 9.17) is 9.47 Å². The number of hydrogen-bond acceptors (Lipinski definition) is 4. The van der Waals surface area contributed by atoms with Gasteiger partial charge in [0.05, 0.1) is 19.3 Å². The number of carbonyl (C=O) groups excluding carboxylic acids is 1. The molecule has 3 rings (SSSR count). The molecule has 1 heterocycles. The Morgan fingerprint density at radius 2 is 2.08 bits per heavy atom. The molecule has 6 heteroatoms. The lowest BCUT2D eigenvalue weighted by Gasteiger charge is -2.14. The summed E-state index contributed by atoms with van der Waals surface area (Å²) in [6.07, 6.45) is 0.0821. The van der Waals surface area contributed by atoms with Crippen molar-refractivity contribution in [2.24, 2.45) is 0 Å². The highest BCUT2D eigenvalue weighted by atomic mass is 16.5. The molecule has 0 bridgehead atoms. The lowest BCUT2D eigenvalue weighted by Crippen LogP contribution is -2.32. The minimum Gasteiger partial charge on any atom is -0.494 e. The first-order valence-electron chi connectivity index (χ1n) is 8.37. The Morgan fingerprint density at radius 3 is 2.84 bits per heavy atom. The second-order valence-corrected chi connectivity index (χ2v) is 5.77. The largest absolute Gasteiger partial charge is 0.494 e. The Labute approximate surface area is 146 Å². The molecule has 132 valence electrons. The maximum Gasteiger partial charge on any atom is 0.319 e. The molecule has 0 saturated carbocycles. The quantitative estimate of drug-likeness (QED) is 0.754. The normalized spacial score (nSPS) is 13.5. The fourth-order valence-corrected chi connectivity index (χ4v) is 2.70. The van der Waals surface area contributed by atoms with E-state index in [9.17, 15) is 9.90 Å². The molecule has 1 atom stereocenters. The highest BCUT2D eigenvalue weighted by Crippen LogP contribution is 2.28. The van der Waals surface area contributed by atoms with Crippen molar-refractivity contribution in [2.45, 2.75) is 19.4 Å². The number of rotatable bonds is 6. The average molecular weight is 342 g/mol. The van der Waals surface area contributed by atoms with E-state index in [-0.39, 0.29) is 12.6 Å². The molecule has 1 unspecified atom stereocenters. The number of hydrogen-bond donors (Lipinski definition) is 3. The number of anilines is 1. The SMILES string of the molecule is CCOc1ccc(NC(=O)NCC(O)c2ccc3c(c2)CCO3)cc1. The Balaban J connectivity index is 1.49. The summed E-state index contributed by atoms with van der Waals surface area (Å²) in [5, 5.41) is 15.7. The number of nitrogens with one attached hydrogen (secondary N) is 2. The Hall–Kier alpha value is -2.73. The molecule has 25 heavy (non-hydrogen) atoms. The zero-order valence-corrected chi connectivity index (χ0v) is 14.1. The van der Waals surface area contributed by atoms with Crippen LogP contribution in [0.2, 0.25) is 0 Å². The number of ether oxygens (including phenoxy) is 2. The van der Waals surface area contributed by atoms with Crippen LogP contribution in [0.4, 0.5) is 10.5 Å². The van der Waals surface area contributed by atoms with E-state index in [1.807, 2.05) is 25.1 Å². The highest BCUT2D eigenvalue weighted by Gasteiger charge is 2.16. The van der Waals surface area contributed by atoms with Crippen molar-refractivity contribution < 1.29 is 19.4 Å². The van der Waals surface area contributed by atoms with E-state index in [0.717, 1.165) is 29.0 Å². The van der Waals surface area contributed by atoms with Crippen LogP contribution in [0.15, 0.2) is 42.5 Å². The Bertz CT molecular complexity index is 731. The van der Waals surface area contributed by atoms with Gasteiger partial charge in [0, 0.05) is 18.7 Å². The third-order valence-corrected chi connectivity index (χ3v) is 3.98. The molecule has 0 aliphatic carbocycles. The summed E-state index contributed by atoms with van der Waals surface area (Å²) in [5.41, 5.74) is 2.52. The van der Waals surface area contributed by atoms with E-state index in [0.29, 0.717) is 18.9 Å². The van der Waals surface area contributed by atoms with Crippen LogP contribution in [0.25, 0.3) is 0 Å². The summed E-state index contributed by atoms with van der Waals surface area (Å²) in [5.74, 6) is 1.63. The monoisotopic (exact) mass is 342 g/mol. The Kier molecular flexibility index (Phi) is 5.40. The lowest BCUT2D eigenvalue weighted by molar-refractivity contribution is 0.175. The molecule has 0 radical (unpaired) electrons. The average Bonchev–Trinajstić information content (AvgIpc) is 3.09. The van der Waals surface area contributed by atoms with Crippen LogP contribution in [0, 0.1) is 0 Å². The summed E-state index contributed by atoms with van der Waals surface area (Å²) >= 11 is 0. The van der Waals surface area contributed by atoms with Crippen LogP contribution in [0.1, 0.15) is 24.2 Å². The summed E-state index contributed by atoms with van der Waals surface area (Å²) in [6.45, 7) is 3.32. The third kappa shape index (κ3) is 4.42. The highest BCUT2D eigenvalue weighted by molar-refractivity contribution is 5.89. The van der Waals surface area contributed by atoms with Crippen molar-refractivity contribution in [1.29, 1.82) is 0 Å². The molecular weight excluding hydrogens is 320 g/mol. The maximum absolute atomic E-state index is 12.0. The van der Waals surface area contributed by atoms with Crippen LogP contribution >= 0.6 is 0 Å². The first kappa shape index (κ1) is 17.1. The number of fused-ring (bicyclic) bond motifs is 1. The van der Waals surface area contributed by atoms with Gasteiger partial charge in [-0.15, -0.1) is 0 Å². The van der Waals surface area contributed by atoms with Gasteiger partial charge in [-0.1, -0.05) is 6.07 Å². The summed E-state index contributed by atoms with van der Waals surface area (Å²) in [6, 6.07) is 12.4. The molecule has 1 aliphatic heterocycles. The van der Waals surface area contributed by atoms with Crippen molar-refractivity contribution in [3.63, 3.8) is 0 Å². The van der Waals surface area contributed by atoms with Crippen molar-refractivity contribution in [1.82, 2.24) is 5.32 Å². The van der Waals surface area contributed by atoms with Crippen LogP contribution in [-0.4, -0.2) is 30.9 Å².